The van der Waals surface area contributed by atoms with Crippen LogP contribution in [0.15, 0.2) is 53.0 Å². The summed E-state index contributed by atoms with van der Waals surface area (Å²) in [6.07, 6.45) is 1.15. The van der Waals surface area contributed by atoms with Gasteiger partial charge in [0, 0.05) is 17.6 Å². The van der Waals surface area contributed by atoms with Crippen molar-refractivity contribution >= 4 is 27.7 Å². The van der Waals surface area contributed by atoms with Crippen LogP contribution in [0.5, 0.6) is 0 Å². The van der Waals surface area contributed by atoms with Crippen molar-refractivity contribution in [3.8, 4) is 0 Å². The molecule has 0 saturated heterocycles. The molecule has 1 atom stereocenters. The number of nitrogens with zero attached hydrogens (tertiary/aromatic N) is 1. The van der Waals surface area contributed by atoms with Crippen LogP contribution >= 0.6 is 15.9 Å². The maximum Gasteiger partial charge on any atom is 0.242 e. The summed E-state index contributed by atoms with van der Waals surface area (Å²) < 4.78 is 0.984. The highest BCUT2D eigenvalue weighted by atomic mass is 79.9. The first-order valence-electron chi connectivity index (χ1n) is 9.28. The monoisotopic (exact) mass is 430 g/mol. The Bertz CT molecular complexity index is 774. The summed E-state index contributed by atoms with van der Waals surface area (Å²) in [6, 6.07) is 15.2. The van der Waals surface area contributed by atoms with Gasteiger partial charge in [-0.15, -0.1) is 0 Å². The molecule has 2 aromatic carbocycles. The van der Waals surface area contributed by atoms with Gasteiger partial charge in [-0.2, -0.15) is 0 Å². The van der Waals surface area contributed by atoms with Crippen LogP contribution in [-0.4, -0.2) is 29.3 Å². The van der Waals surface area contributed by atoms with Crippen LogP contribution in [-0.2, 0) is 22.6 Å². The van der Waals surface area contributed by atoms with E-state index in [-0.39, 0.29) is 18.2 Å². The normalized spacial score (nSPS) is 11.7. The van der Waals surface area contributed by atoms with E-state index in [1.165, 1.54) is 0 Å². The molecule has 0 spiro atoms. The van der Waals surface area contributed by atoms with Crippen LogP contribution in [0, 0.1) is 6.92 Å². The molecule has 0 fully saturated rings. The molecule has 27 heavy (non-hydrogen) atoms. The summed E-state index contributed by atoms with van der Waals surface area (Å²) in [6.45, 7) is 6.81. The highest BCUT2D eigenvalue weighted by Crippen LogP contribution is 2.16. The Kier molecular flexibility index (Phi) is 8.04. The van der Waals surface area contributed by atoms with E-state index in [4.69, 9.17) is 0 Å². The quantitative estimate of drug-likeness (QED) is 0.680. The van der Waals surface area contributed by atoms with Crippen molar-refractivity contribution in [1.29, 1.82) is 0 Å². The van der Waals surface area contributed by atoms with E-state index in [9.17, 15) is 9.59 Å². The summed E-state index contributed by atoms with van der Waals surface area (Å²) in [5, 5.41) is 2.90. The lowest BCUT2D eigenvalue weighted by atomic mass is 10.0. The summed E-state index contributed by atoms with van der Waals surface area (Å²) in [7, 11) is 0. The lowest BCUT2D eigenvalue weighted by Crippen LogP contribution is -2.48. The molecule has 0 aliphatic rings. The molecular formula is C22H27BrN2O2. The van der Waals surface area contributed by atoms with Crippen molar-refractivity contribution in [2.24, 2.45) is 0 Å². The van der Waals surface area contributed by atoms with E-state index in [1.807, 2.05) is 62.4 Å². The second kappa shape index (κ2) is 10.3. The predicted octanol–water partition coefficient (Wildman–Crippen LogP) is 4.24. The molecular weight excluding hydrogens is 404 g/mol. The van der Waals surface area contributed by atoms with Gasteiger partial charge < -0.3 is 10.2 Å². The zero-order valence-electron chi connectivity index (χ0n) is 16.2. The molecule has 0 radical (unpaired) electrons. The number of halogens is 1. The molecule has 2 aromatic rings. The zero-order chi connectivity index (χ0) is 19.8. The molecule has 0 heterocycles. The maximum absolute atomic E-state index is 13.1. The van der Waals surface area contributed by atoms with Gasteiger partial charge in [-0.1, -0.05) is 59.3 Å². The molecule has 2 rings (SSSR count). The average Bonchev–Trinajstić information content (AvgIpc) is 2.66. The van der Waals surface area contributed by atoms with Gasteiger partial charge >= 0.3 is 0 Å². The standard InChI is InChI=1S/C22H27BrN2O2/c1-4-13-24-22(27)17(3)25(15-18-9-11-20(23)12-10-18)21(26)14-19-8-6-5-7-16(19)2/h5-12,17H,4,13-15H2,1-3H3,(H,24,27)/t17-/m0/s1. The molecule has 0 aromatic heterocycles. The molecule has 0 unspecified atom stereocenters. The van der Waals surface area contributed by atoms with Crippen LogP contribution in [0.4, 0.5) is 0 Å². The first-order valence-corrected chi connectivity index (χ1v) is 10.1. The van der Waals surface area contributed by atoms with E-state index in [0.29, 0.717) is 13.1 Å². The number of hydrogen-bond acceptors (Lipinski definition) is 2. The molecule has 4 nitrogen and oxygen atoms in total. The second-order valence-corrected chi connectivity index (χ2v) is 7.63. The van der Waals surface area contributed by atoms with Crippen molar-refractivity contribution in [3.63, 3.8) is 0 Å². The van der Waals surface area contributed by atoms with E-state index < -0.39 is 6.04 Å². The molecule has 1 N–H and O–H groups in total. The summed E-state index contributed by atoms with van der Waals surface area (Å²) in [5.74, 6) is -0.168. The van der Waals surface area contributed by atoms with E-state index in [2.05, 4.69) is 21.2 Å². The van der Waals surface area contributed by atoms with E-state index in [0.717, 1.165) is 27.6 Å². The van der Waals surface area contributed by atoms with Crippen molar-refractivity contribution in [3.05, 3.63) is 69.7 Å². The van der Waals surface area contributed by atoms with E-state index >= 15 is 0 Å². The predicted molar refractivity (Wildman–Crippen MR) is 112 cm³/mol. The Balaban J connectivity index is 2.21. The molecule has 0 bridgehead atoms. The highest BCUT2D eigenvalue weighted by molar-refractivity contribution is 9.10. The van der Waals surface area contributed by atoms with Gasteiger partial charge in [0.15, 0.2) is 0 Å². The van der Waals surface area contributed by atoms with Crippen LogP contribution < -0.4 is 5.32 Å². The fourth-order valence-electron chi connectivity index (χ4n) is 2.84. The van der Waals surface area contributed by atoms with Gasteiger partial charge in [-0.05, 0) is 49.1 Å². The topological polar surface area (TPSA) is 49.4 Å². The first-order chi connectivity index (χ1) is 12.9. The van der Waals surface area contributed by atoms with Crippen molar-refractivity contribution in [2.75, 3.05) is 6.54 Å². The van der Waals surface area contributed by atoms with Crippen molar-refractivity contribution < 1.29 is 9.59 Å². The molecule has 2 amide bonds. The van der Waals surface area contributed by atoms with Gasteiger partial charge in [-0.25, -0.2) is 0 Å². The number of aryl methyl sites for hydroxylation is 1. The van der Waals surface area contributed by atoms with E-state index in [1.54, 1.807) is 11.8 Å². The van der Waals surface area contributed by atoms with Crippen molar-refractivity contribution in [2.45, 2.75) is 46.2 Å². The Morgan fingerprint density at radius 2 is 1.78 bits per heavy atom. The number of hydrogen-bond donors (Lipinski definition) is 1. The lowest BCUT2D eigenvalue weighted by molar-refractivity contribution is -0.140. The van der Waals surface area contributed by atoms with Gasteiger partial charge in [0.2, 0.25) is 11.8 Å². The van der Waals surface area contributed by atoms with Crippen LogP contribution in [0.3, 0.4) is 0 Å². The average molecular weight is 431 g/mol. The second-order valence-electron chi connectivity index (χ2n) is 6.72. The lowest BCUT2D eigenvalue weighted by Gasteiger charge is -2.29. The summed E-state index contributed by atoms with van der Waals surface area (Å²) in [4.78, 5) is 27.3. The summed E-state index contributed by atoms with van der Waals surface area (Å²) >= 11 is 3.43. The van der Waals surface area contributed by atoms with Gasteiger partial charge in [0.1, 0.15) is 6.04 Å². The minimum Gasteiger partial charge on any atom is -0.354 e. The van der Waals surface area contributed by atoms with Crippen LogP contribution in [0.1, 0.15) is 37.0 Å². The Morgan fingerprint density at radius 3 is 2.41 bits per heavy atom. The SMILES string of the molecule is CCCNC(=O)[C@H](C)N(Cc1ccc(Br)cc1)C(=O)Cc1ccccc1C. The Morgan fingerprint density at radius 1 is 1.11 bits per heavy atom. The first kappa shape index (κ1) is 21.2. The largest absolute Gasteiger partial charge is 0.354 e. The Hall–Kier alpha value is -2.14. The van der Waals surface area contributed by atoms with Crippen LogP contribution in [0.25, 0.3) is 0 Å². The Labute approximate surface area is 170 Å². The molecule has 5 heteroatoms. The minimum absolute atomic E-state index is 0.0497. The molecule has 0 aliphatic carbocycles. The number of amides is 2. The third-order valence-electron chi connectivity index (χ3n) is 4.59. The fourth-order valence-corrected chi connectivity index (χ4v) is 3.10. The summed E-state index contributed by atoms with van der Waals surface area (Å²) in [5.41, 5.74) is 3.06. The molecule has 0 aliphatic heterocycles. The zero-order valence-corrected chi connectivity index (χ0v) is 17.8. The molecule has 0 saturated carbocycles. The van der Waals surface area contributed by atoms with Gasteiger partial charge in [0.05, 0.1) is 6.42 Å². The highest BCUT2D eigenvalue weighted by Gasteiger charge is 2.26. The van der Waals surface area contributed by atoms with Gasteiger partial charge in [-0.3, -0.25) is 9.59 Å². The number of carbonyl (C=O) groups excluding carboxylic acids is 2. The van der Waals surface area contributed by atoms with Gasteiger partial charge in [0.25, 0.3) is 0 Å². The minimum atomic E-state index is -0.531. The third kappa shape index (κ3) is 6.21. The van der Waals surface area contributed by atoms with Crippen molar-refractivity contribution in [1.82, 2.24) is 10.2 Å². The smallest absolute Gasteiger partial charge is 0.242 e. The maximum atomic E-state index is 13.1. The number of rotatable bonds is 8. The fraction of sp³-hybridized carbons (Fsp3) is 0.364. The number of benzene rings is 2. The number of carbonyl (C=O) groups is 2. The number of nitrogens with one attached hydrogen (secondary N) is 1. The van der Waals surface area contributed by atoms with Crippen LogP contribution in [0.2, 0.25) is 0 Å². The molecule has 144 valence electrons. The third-order valence-corrected chi connectivity index (χ3v) is 5.11.